The van der Waals surface area contributed by atoms with Crippen molar-refractivity contribution >= 4 is 11.9 Å². The Morgan fingerprint density at radius 3 is 2.62 bits per heavy atom. The average molecular weight is 296 g/mol. The molecule has 0 aromatic rings. The van der Waals surface area contributed by atoms with E-state index in [1.54, 1.807) is 0 Å². The highest BCUT2D eigenvalue weighted by Gasteiger charge is 2.34. The Morgan fingerprint density at radius 2 is 2.00 bits per heavy atom. The Bertz CT molecular complexity index is 359. The predicted molar refractivity (Wildman–Crippen MR) is 81.0 cm³/mol. The number of hydrogen-bond acceptors (Lipinski definition) is 3. The maximum absolute atomic E-state index is 12.0. The molecular formula is C16H28N2O3. The van der Waals surface area contributed by atoms with Gasteiger partial charge in [-0.1, -0.05) is 19.3 Å². The summed E-state index contributed by atoms with van der Waals surface area (Å²) in [4.78, 5) is 23.1. The summed E-state index contributed by atoms with van der Waals surface area (Å²) in [6, 6.07) is 0. The third-order valence-corrected chi connectivity index (χ3v) is 5.04. The summed E-state index contributed by atoms with van der Waals surface area (Å²) in [5.41, 5.74) is -0.214. The van der Waals surface area contributed by atoms with E-state index in [1.807, 2.05) is 0 Å². The second-order valence-corrected chi connectivity index (χ2v) is 6.81. The molecule has 5 heteroatoms. The zero-order valence-electron chi connectivity index (χ0n) is 12.8. The third-order valence-electron chi connectivity index (χ3n) is 5.04. The lowest BCUT2D eigenvalue weighted by Gasteiger charge is -2.36. The van der Waals surface area contributed by atoms with Crippen LogP contribution >= 0.6 is 0 Å². The van der Waals surface area contributed by atoms with E-state index < -0.39 is 5.97 Å². The molecule has 0 aromatic heterocycles. The Balaban J connectivity index is 1.74. The van der Waals surface area contributed by atoms with Gasteiger partial charge in [0.2, 0.25) is 5.91 Å². The zero-order chi connectivity index (χ0) is 15.1. The van der Waals surface area contributed by atoms with Gasteiger partial charge in [0.25, 0.3) is 0 Å². The van der Waals surface area contributed by atoms with Gasteiger partial charge in [0.15, 0.2) is 0 Å². The molecule has 1 atom stereocenters. The van der Waals surface area contributed by atoms with Crippen LogP contribution in [0.15, 0.2) is 0 Å². The molecule has 1 saturated heterocycles. The largest absolute Gasteiger partial charge is 0.481 e. The van der Waals surface area contributed by atoms with Crippen LogP contribution in [-0.4, -0.2) is 36.6 Å². The molecule has 1 amide bonds. The molecule has 1 unspecified atom stereocenters. The highest BCUT2D eigenvalue weighted by atomic mass is 16.4. The molecule has 0 bridgehead atoms. The van der Waals surface area contributed by atoms with Gasteiger partial charge in [-0.05, 0) is 50.1 Å². The summed E-state index contributed by atoms with van der Waals surface area (Å²) in [5, 5.41) is 15.4. The second-order valence-electron chi connectivity index (χ2n) is 6.81. The van der Waals surface area contributed by atoms with Crippen molar-refractivity contribution in [3.05, 3.63) is 0 Å². The number of nitrogens with one attached hydrogen (secondary N) is 2. The Labute approximate surface area is 126 Å². The fraction of sp³-hybridized carbons (Fsp3) is 0.875. The summed E-state index contributed by atoms with van der Waals surface area (Å²) in [6.45, 7) is 2.62. The molecule has 2 aliphatic rings. The number of carbonyl (C=O) groups excluding carboxylic acids is 1. The van der Waals surface area contributed by atoms with Crippen molar-refractivity contribution in [3.63, 3.8) is 0 Å². The van der Waals surface area contributed by atoms with E-state index in [9.17, 15) is 9.59 Å². The van der Waals surface area contributed by atoms with E-state index in [1.165, 1.54) is 6.42 Å². The zero-order valence-corrected chi connectivity index (χ0v) is 12.8. The molecule has 1 saturated carbocycles. The molecule has 3 N–H and O–H groups in total. The SMILES string of the molecule is O=C(O)CC1(CNC(=O)CCC2CCNC2)CCCCC1. The van der Waals surface area contributed by atoms with Crippen molar-refractivity contribution in [2.75, 3.05) is 19.6 Å². The van der Waals surface area contributed by atoms with Crippen molar-refractivity contribution in [2.45, 2.75) is 57.8 Å². The minimum atomic E-state index is -0.747. The molecule has 1 aliphatic carbocycles. The minimum Gasteiger partial charge on any atom is -0.481 e. The molecule has 1 heterocycles. The van der Waals surface area contributed by atoms with E-state index in [-0.39, 0.29) is 17.7 Å². The van der Waals surface area contributed by atoms with Gasteiger partial charge >= 0.3 is 5.97 Å². The first kappa shape index (κ1) is 16.3. The van der Waals surface area contributed by atoms with Crippen LogP contribution in [0.1, 0.15) is 57.8 Å². The van der Waals surface area contributed by atoms with Gasteiger partial charge in [0, 0.05) is 13.0 Å². The quantitative estimate of drug-likeness (QED) is 0.670. The Kier molecular flexibility index (Phi) is 6.03. The third kappa shape index (κ3) is 5.30. The summed E-state index contributed by atoms with van der Waals surface area (Å²) in [6.07, 6.45) is 8.03. The van der Waals surface area contributed by atoms with Crippen LogP contribution in [0.5, 0.6) is 0 Å². The lowest BCUT2D eigenvalue weighted by molar-refractivity contribution is -0.140. The van der Waals surface area contributed by atoms with Gasteiger partial charge in [0.05, 0.1) is 6.42 Å². The van der Waals surface area contributed by atoms with E-state index in [0.29, 0.717) is 18.9 Å². The molecule has 21 heavy (non-hydrogen) atoms. The molecule has 2 rings (SSSR count). The first-order chi connectivity index (χ1) is 10.1. The van der Waals surface area contributed by atoms with Crippen LogP contribution in [0.25, 0.3) is 0 Å². The van der Waals surface area contributed by atoms with Gasteiger partial charge in [-0.3, -0.25) is 9.59 Å². The monoisotopic (exact) mass is 296 g/mol. The maximum atomic E-state index is 12.0. The summed E-state index contributed by atoms with van der Waals surface area (Å²) < 4.78 is 0. The van der Waals surface area contributed by atoms with Gasteiger partial charge in [0.1, 0.15) is 0 Å². The molecule has 0 aromatic carbocycles. The number of carboxylic acids is 1. The van der Waals surface area contributed by atoms with Crippen molar-refractivity contribution in [3.8, 4) is 0 Å². The van der Waals surface area contributed by atoms with Crippen LogP contribution in [0.3, 0.4) is 0 Å². The van der Waals surface area contributed by atoms with E-state index >= 15 is 0 Å². The summed E-state index contributed by atoms with van der Waals surface area (Å²) in [5.74, 6) is -0.0428. The van der Waals surface area contributed by atoms with Gasteiger partial charge in [-0.15, -0.1) is 0 Å². The maximum Gasteiger partial charge on any atom is 0.303 e. The Morgan fingerprint density at radius 1 is 1.24 bits per heavy atom. The molecule has 2 fully saturated rings. The van der Waals surface area contributed by atoms with Crippen molar-refractivity contribution in [1.29, 1.82) is 0 Å². The summed E-state index contributed by atoms with van der Waals surface area (Å²) >= 11 is 0. The number of rotatable bonds is 7. The average Bonchev–Trinajstić information content (AvgIpc) is 2.96. The lowest BCUT2D eigenvalue weighted by atomic mass is 9.71. The van der Waals surface area contributed by atoms with Crippen LogP contribution in [-0.2, 0) is 9.59 Å². The number of hydrogen-bond donors (Lipinski definition) is 3. The van der Waals surface area contributed by atoms with Crippen molar-refractivity contribution in [1.82, 2.24) is 10.6 Å². The minimum absolute atomic E-state index is 0.0808. The van der Waals surface area contributed by atoms with Crippen LogP contribution in [0.4, 0.5) is 0 Å². The Hall–Kier alpha value is -1.10. The molecule has 1 aliphatic heterocycles. The van der Waals surface area contributed by atoms with E-state index in [2.05, 4.69) is 10.6 Å². The van der Waals surface area contributed by atoms with Crippen molar-refractivity contribution in [2.24, 2.45) is 11.3 Å². The van der Waals surface area contributed by atoms with Crippen LogP contribution < -0.4 is 10.6 Å². The van der Waals surface area contributed by atoms with Gasteiger partial charge in [-0.25, -0.2) is 0 Å². The molecular weight excluding hydrogens is 268 g/mol. The fourth-order valence-electron chi connectivity index (χ4n) is 3.71. The fourth-order valence-corrected chi connectivity index (χ4v) is 3.71. The van der Waals surface area contributed by atoms with Gasteiger partial charge < -0.3 is 15.7 Å². The molecule has 120 valence electrons. The van der Waals surface area contributed by atoms with Crippen LogP contribution in [0.2, 0.25) is 0 Å². The topological polar surface area (TPSA) is 78.4 Å². The number of carboxylic acid groups (broad SMARTS) is 1. The number of aliphatic carboxylic acids is 1. The lowest BCUT2D eigenvalue weighted by Crippen LogP contribution is -2.40. The van der Waals surface area contributed by atoms with Crippen molar-refractivity contribution < 1.29 is 14.7 Å². The van der Waals surface area contributed by atoms with E-state index in [4.69, 9.17) is 5.11 Å². The molecule has 0 spiro atoms. The summed E-state index contributed by atoms with van der Waals surface area (Å²) in [7, 11) is 0. The highest BCUT2D eigenvalue weighted by molar-refractivity contribution is 5.76. The number of amides is 1. The smallest absolute Gasteiger partial charge is 0.303 e. The normalized spacial score (nSPS) is 24.7. The van der Waals surface area contributed by atoms with Crippen LogP contribution in [0, 0.1) is 11.3 Å². The number of carbonyl (C=O) groups is 2. The molecule has 0 radical (unpaired) electrons. The van der Waals surface area contributed by atoms with E-state index in [0.717, 1.165) is 51.6 Å². The first-order valence-electron chi connectivity index (χ1n) is 8.29. The predicted octanol–water partition coefficient (Wildman–Crippen LogP) is 1.92. The highest BCUT2D eigenvalue weighted by Crippen LogP contribution is 2.38. The van der Waals surface area contributed by atoms with Gasteiger partial charge in [-0.2, -0.15) is 0 Å². The standard InChI is InChI=1S/C16H28N2O3/c19-14(5-4-13-6-9-17-11-13)18-12-16(10-15(20)21)7-2-1-3-8-16/h13,17H,1-12H2,(H,18,19)(H,20,21). The molecule has 5 nitrogen and oxygen atoms in total. The second kappa shape index (κ2) is 7.78. The first-order valence-corrected chi connectivity index (χ1v) is 8.29.